The van der Waals surface area contributed by atoms with Crippen molar-refractivity contribution in [3.05, 3.63) is 83.4 Å². The van der Waals surface area contributed by atoms with E-state index in [0.29, 0.717) is 6.61 Å². The zero-order valence-corrected chi connectivity index (χ0v) is 14.5. The van der Waals surface area contributed by atoms with Crippen molar-refractivity contribution in [1.82, 2.24) is 9.55 Å². The van der Waals surface area contributed by atoms with Crippen LogP contribution in [-0.4, -0.2) is 9.55 Å². The summed E-state index contributed by atoms with van der Waals surface area (Å²) in [5, 5.41) is 0.728. The Bertz CT molecular complexity index is 771. The number of para-hydroxylation sites is 1. The van der Waals surface area contributed by atoms with Gasteiger partial charge in [0.2, 0.25) is 0 Å². The number of rotatable bonds is 7. The summed E-state index contributed by atoms with van der Waals surface area (Å²) >= 11 is 6.05. The molecule has 0 aliphatic rings. The van der Waals surface area contributed by atoms with E-state index in [2.05, 4.69) is 28.6 Å². The Morgan fingerprint density at radius 2 is 2.04 bits per heavy atom. The van der Waals surface area contributed by atoms with Crippen molar-refractivity contribution >= 4 is 11.6 Å². The van der Waals surface area contributed by atoms with E-state index in [1.54, 1.807) is 0 Å². The molecule has 0 saturated carbocycles. The molecule has 0 spiro atoms. The quantitative estimate of drug-likeness (QED) is 0.567. The molecule has 0 radical (unpaired) electrons. The van der Waals surface area contributed by atoms with Gasteiger partial charge in [-0.1, -0.05) is 55.3 Å². The summed E-state index contributed by atoms with van der Waals surface area (Å²) in [7, 11) is 0. The molecule has 3 aromatic rings. The lowest BCUT2D eigenvalue weighted by molar-refractivity contribution is 0.298. The van der Waals surface area contributed by atoms with Crippen LogP contribution in [0.3, 0.4) is 0 Å². The smallest absolute Gasteiger partial charge is 0.125 e. The first-order valence-electron chi connectivity index (χ1n) is 8.21. The zero-order chi connectivity index (χ0) is 16.8. The van der Waals surface area contributed by atoms with Crippen molar-refractivity contribution in [2.24, 2.45) is 0 Å². The summed E-state index contributed by atoms with van der Waals surface area (Å²) in [5.41, 5.74) is 2.24. The lowest BCUT2D eigenvalue weighted by Crippen LogP contribution is -2.10. The van der Waals surface area contributed by atoms with E-state index in [9.17, 15) is 0 Å². The maximum Gasteiger partial charge on any atom is 0.125 e. The molecule has 0 saturated heterocycles. The van der Waals surface area contributed by atoms with Crippen LogP contribution in [0, 0.1) is 0 Å². The van der Waals surface area contributed by atoms with Crippen molar-refractivity contribution in [3.63, 3.8) is 0 Å². The SMILES string of the molecule is CCCC(c1ccccc1OCc1cccc(Cl)c1)n1ccnc1. The van der Waals surface area contributed by atoms with Crippen molar-refractivity contribution in [3.8, 4) is 5.75 Å². The van der Waals surface area contributed by atoms with Crippen LogP contribution >= 0.6 is 11.6 Å². The van der Waals surface area contributed by atoms with E-state index < -0.39 is 0 Å². The van der Waals surface area contributed by atoms with Crippen LogP contribution in [0.5, 0.6) is 5.75 Å². The van der Waals surface area contributed by atoms with Crippen molar-refractivity contribution in [2.75, 3.05) is 0 Å². The average Bonchev–Trinajstić information content (AvgIpc) is 3.13. The number of nitrogens with zero attached hydrogens (tertiary/aromatic N) is 2. The predicted molar refractivity (Wildman–Crippen MR) is 97.5 cm³/mol. The number of hydrogen-bond donors (Lipinski definition) is 0. The van der Waals surface area contributed by atoms with E-state index in [1.165, 1.54) is 5.56 Å². The first-order valence-corrected chi connectivity index (χ1v) is 8.59. The number of hydrogen-bond acceptors (Lipinski definition) is 2. The molecule has 4 heteroatoms. The summed E-state index contributed by atoms with van der Waals surface area (Å²) in [6, 6.07) is 16.2. The lowest BCUT2D eigenvalue weighted by Gasteiger charge is -2.21. The monoisotopic (exact) mass is 340 g/mol. The van der Waals surface area contributed by atoms with Gasteiger partial charge in [0.15, 0.2) is 0 Å². The molecule has 0 N–H and O–H groups in total. The summed E-state index contributed by atoms with van der Waals surface area (Å²) in [4.78, 5) is 4.19. The van der Waals surface area contributed by atoms with Crippen LogP contribution in [0.2, 0.25) is 5.02 Å². The highest BCUT2D eigenvalue weighted by Gasteiger charge is 2.17. The molecule has 1 unspecified atom stereocenters. The van der Waals surface area contributed by atoms with Gasteiger partial charge >= 0.3 is 0 Å². The van der Waals surface area contributed by atoms with Gasteiger partial charge in [-0.25, -0.2) is 4.98 Å². The second-order valence-corrected chi connectivity index (χ2v) is 6.21. The highest BCUT2D eigenvalue weighted by atomic mass is 35.5. The van der Waals surface area contributed by atoms with Crippen LogP contribution < -0.4 is 4.74 Å². The molecule has 0 bridgehead atoms. The Kier molecular flexibility index (Phi) is 5.55. The number of ether oxygens (including phenoxy) is 1. The van der Waals surface area contributed by atoms with Gasteiger partial charge in [-0.3, -0.25) is 0 Å². The molecule has 3 nitrogen and oxygen atoms in total. The highest BCUT2D eigenvalue weighted by molar-refractivity contribution is 6.30. The molecule has 0 amide bonds. The number of benzene rings is 2. The van der Waals surface area contributed by atoms with Crippen LogP contribution in [0.25, 0.3) is 0 Å². The van der Waals surface area contributed by atoms with E-state index in [4.69, 9.17) is 16.3 Å². The fourth-order valence-electron chi connectivity index (χ4n) is 2.87. The normalized spacial score (nSPS) is 12.1. The summed E-state index contributed by atoms with van der Waals surface area (Å²) in [6.07, 6.45) is 7.82. The van der Waals surface area contributed by atoms with Gasteiger partial charge in [-0.15, -0.1) is 0 Å². The van der Waals surface area contributed by atoms with Gasteiger partial charge < -0.3 is 9.30 Å². The van der Waals surface area contributed by atoms with Crippen LogP contribution in [0.15, 0.2) is 67.3 Å². The minimum absolute atomic E-state index is 0.230. The van der Waals surface area contributed by atoms with Crippen molar-refractivity contribution in [1.29, 1.82) is 0 Å². The number of aromatic nitrogens is 2. The zero-order valence-electron chi connectivity index (χ0n) is 13.7. The van der Waals surface area contributed by atoms with Crippen LogP contribution in [0.4, 0.5) is 0 Å². The third-order valence-electron chi connectivity index (χ3n) is 4.01. The summed E-state index contributed by atoms with van der Waals surface area (Å²) < 4.78 is 8.26. The Hall–Kier alpha value is -2.26. The molecule has 2 aromatic carbocycles. The Morgan fingerprint density at radius 3 is 2.79 bits per heavy atom. The van der Waals surface area contributed by atoms with E-state index in [0.717, 1.165) is 29.2 Å². The maximum absolute atomic E-state index is 6.11. The minimum atomic E-state index is 0.230. The molecule has 0 fully saturated rings. The largest absolute Gasteiger partial charge is 0.489 e. The molecule has 1 atom stereocenters. The van der Waals surface area contributed by atoms with E-state index >= 15 is 0 Å². The van der Waals surface area contributed by atoms with Gasteiger partial charge in [0.25, 0.3) is 0 Å². The Morgan fingerprint density at radius 1 is 1.17 bits per heavy atom. The first kappa shape index (κ1) is 16.6. The van der Waals surface area contributed by atoms with Gasteiger partial charge in [-0.2, -0.15) is 0 Å². The fraction of sp³-hybridized carbons (Fsp3) is 0.250. The van der Waals surface area contributed by atoms with Gasteiger partial charge in [0.1, 0.15) is 12.4 Å². The molecule has 24 heavy (non-hydrogen) atoms. The minimum Gasteiger partial charge on any atom is -0.489 e. The van der Waals surface area contributed by atoms with Gasteiger partial charge in [-0.05, 0) is 30.2 Å². The Labute approximate surface area is 147 Å². The lowest BCUT2D eigenvalue weighted by atomic mass is 10.0. The third kappa shape index (κ3) is 3.98. The first-order chi connectivity index (χ1) is 11.8. The predicted octanol–water partition coefficient (Wildman–Crippen LogP) is 5.51. The second kappa shape index (κ2) is 8.02. The molecule has 3 rings (SSSR count). The van der Waals surface area contributed by atoms with Crippen LogP contribution in [0.1, 0.15) is 36.9 Å². The molecule has 0 aliphatic heterocycles. The van der Waals surface area contributed by atoms with Gasteiger partial charge in [0.05, 0.1) is 12.4 Å². The van der Waals surface area contributed by atoms with Crippen molar-refractivity contribution < 1.29 is 4.74 Å². The van der Waals surface area contributed by atoms with Crippen LogP contribution in [-0.2, 0) is 6.61 Å². The number of halogens is 1. The van der Waals surface area contributed by atoms with E-state index in [-0.39, 0.29) is 6.04 Å². The molecule has 1 heterocycles. The van der Waals surface area contributed by atoms with Gasteiger partial charge in [0, 0.05) is 23.0 Å². The number of imidazole rings is 1. The van der Waals surface area contributed by atoms with E-state index in [1.807, 2.05) is 55.1 Å². The molecular formula is C20H21ClN2O. The molecule has 124 valence electrons. The molecule has 1 aromatic heterocycles. The standard InChI is InChI=1S/C20H21ClN2O/c1-2-6-19(23-12-11-22-15-23)18-9-3-4-10-20(18)24-14-16-7-5-8-17(21)13-16/h3-5,7-13,15,19H,2,6,14H2,1H3. The summed E-state index contributed by atoms with van der Waals surface area (Å²) in [6.45, 7) is 2.69. The summed E-state index contributed by atoms with van der Waals surface area (Å²) in [5.74, 6) is 0.907. The third-order valence-corrected chi connectivity index (χ3v) is 4.24. The molecular weight excluding hydrogens is 320 g/mol. The second-order valence-electron chi connectivity index (χ2n) is 5.77. The topological polar surface area (TPSA) is 27.1 Å². The van der Waals surface area contributed by atoms with Crippen molar-refractivity contribution in [2.45, 2.75) is 32.4 Å². The average molecular weight is 341 g/mol. The maximum atomic E-state index is 6.11. The molecule has 0 aliphatic carbocycles. The Balaban J connectivity index is 1.84. The highest BCUT2D eigenvalue weighted by Crippen LogP contribution is 2.31. The fourth-order valence-corrected chi connectivity index (χ4v) is 3.08.